The van der Waals surface area contributed by atoms with Crippen LogP contribution in [0, 0.1) is 5.82 Å². The molecule has 1 atom stereocenters. The molecule has 2 rings (SSSR count). The van der Waals surface area contributed by atoms with Gasteiger partial charge in [-0.25, -0.2) is 4.39 Å². The van der Waals surface area contributed by atoms with E-state index in [2.05, 4.69) is 32.7 Å². The summed E-state index contributed by atoms with van der Waals surface area (Å²) in [6.07, 6.45) is 1.19. The van der Waals surface area contributed by atoms with Crippen LogP contribution < -0.4 is 4.90 Å². The molecule has 100 valence electrons. The summed E-state index contributed by atoms with van der Waals surface area (Å²) in [6.45, 7) is 6.52. The molecule has 1 aromatic carbocycles. The Morgan fingerprint density at radius 1 is 1.17 bits per heavy atom. The molecule has 0 aromatic heterocycles. The monoisotopic (exact) mass is 314 g/mol. The van der Waals surface area contributed by atoms with Gasteiger partial charge in [-0.05, 0) is 37.6 Å². The highest BCUT2D eigenvalue weighted by atomic mass is 79.9. The molecule has 1 heterocycles. The Balaban J connectivity index is 1.88. The van der Waals surface area contributed by atoms with E-state index in [0.717, 1.165) is 37.2 Å². The maximum atomic E-state index is 12.9. The van der Waals surface area contributed by atoms with Gasteiger partial charge in [0.15, 0.2) is 0 Å². The molecule has 0 aliphatic carbocycles. The van der Waals surface area contributed by atoms with Gasteiger partial charge in [0.25, 0.3) is 0 Å². The molecule has 0 saturated carbocycles. The van der Waals surface area contributed by atoms with Crippen molar-refractivity contribution < 1.29 is 4.39 Å². The van der Waals surface area contributed by atoms with Gasteiger partial charge in [-0.15, -0.1) is 0 Å². The minimum atomic E-state index is -0.164. The van der Waals surface area contributed by atoms with Crippen molar-refractivity contribution in [2.24, 2.45) is 0 Å². The van der Waals surface area contributed by atoms with Crippen molar-refractivity contribution in [2.45, 2.75) is 19.4 Å². The molecule has 0 N–H and O–H groups in total. The van der Waals surface area contributed by atoms with Crippen LogP contribution in [0.4, 0.5) is 10.1 Å². The van der Waals surface area contributed by atoms with Gasteiger partial charge in [-0.3, -0.25) is 4.90 Å². The molecule has 0 amide bonds. The molecule has 1 saturated heterocycles. The second-order valence-corrected chi connectivity index (χ2v) is 5.62. The van der Waals surface area contributed by atoms with Crippen LogP contribution in [-0.2, 0) is 0 Å². The van der Waals surface area contributed by atoms with Crippen LogP contribution in [-0.4, -0.2) is 42.5 Å². The number of halogens is 2. The average molecular weight is 315 g/mol. The Morgan fingerprint density at radius 2 is 1.78 bits per heavy atom. The van der Waals surface area contributed by atoms with Crippen LogP contribution >= 0.6 is 15.9 Å². The van der Waals surface area contributed by atoms with Crippen molar-refractivity contribution in [2.75, 3.05) is 36.4 Å². The molecule has 1 unspecified atom stereocenters. The maximum Gasteiger partial charge on any atom is 0.123 e. The number of hydrogen-bond donors (Lipinski definition) is 0. The topological polar surface area (TPSA) is 6.48 Å². The van der Waals surface area contributed by atoms with Crippen molar-refractivity contribution in [1.29, 1.82) is 0 Å². The third-order valence-electron chi connectivity index (χ3n) is 3.66. The summed E-state index contributed by atoms with van der Waals surface area (Å²) in [5.41, 5.74) is 1.13. The first-order valence-electron chi connectivity index (χ1n) is 6.51. The lowest BCUT2D eigenvalue weighted by molar-refractivity contribution is 0.194. The Labute approximate surface area is 117 Å². The van der Waals surface area contributed by atoms with E-state index >= 15 is 0 Å². The summed E-state index contributed by atoms with van der Waals surface area (Å²) in [7, 11) is 0. The second kappa shape index (κ2) is 6.53. The van der Waals surface area contributed by atoms with E-state index < -0.39 is 0 Å². The van der Waals surface area contributed by atoms with Gasteiger partial charge >= 0.3 is 0 Å². The third kappa shape index (κ3) is 3.45. The zero-order valence-corrected chi connectivity index (χ0v) is 12.4. The SMILES string of the molecule is CC(CCBr)N1CCN(c2ccc(F)cc2)CC1. The summed E-state index contributed by atoms with van der Waals surface area (Å²) in [6, 6.07) is 7.45. The Morgan fingerprint density at radius 3 is 2.33 bits per heavy atom. The first-order chi connectivity index (χ1) is 8.70. The molecule has 2 nitrogen and oxygen atoms in total. The highest BCUT2D eigenvalue weighted by Crippen LogP contribution is 2.18. The average Bonchev–Trinajstić information content (AvgIpc) is 2.40. The van der Waals surface area contributed by atoms with E-state index in [4.69, 9.17) is 0 Å². The van der Waals surface area contributed by atoms with Crippen molar-refractivity contribution >= 4 is 21.6 Å². The third-order valence-corrected chi connectivity index (χ3v) is 4.11. The molecule has 0 spiro atoms. The summed E-state index contributed by atoms with van der Waals surface area (Å²) < 4.78 is 12.9. The zero-order chi connectivity index (χ0) is 13.0. The smallest absolute Gasteiger partial charge is 0.123 e. The molecular weight excluding hydrogens is 295 g/mol. The van der Waals surface area contributed by atoms with Crippen LogP contribution in [0.5, 0.6) is 0 Å². The summed E-state index contributed by atoms with van der Waals surface area (Å²) in [5, 5.41) is 1.06. The standard InChI is InChI=1S/C14H20BrFN2/c1-12(6-7-15)17-8-10-18(11-9-17)14-4-2-13(16)3-5-14/h2-5,12H,6-11H2,1H3. The van der Waals surface area contributed by atoms with Gasteiger partial charge in [-0.1, -0.05) is 15.9 Å². The molecule has 0 bridgehead atoms. The Hall–Kier alpha value is -0.610. The Bertz CT molecular complexity index is 361. The van der Waals surface area contributed by atoms with Gasteiger partial charge < -0.3 is 4.90 Å². The Kier molecular flexibility index (Phi) is 5.01. The quantitative estimate of drug-likeness (QED) is 0.788. The first-order valence-corrected chi connectivity index (χ1v) is 7.63. The normalized spacial score (nSPS) is 18.9. The lowest BCUT2D eigenvalue weighted by atomic mass is 10.1. The number of hydrogen-bond acceptors (Lipinski definition) is 2. The molecule has 18 heavy (non-hydrogen) atoms. The van der Waals surface area contributed by atoms with Crippen molar-refractivity contribution in [3.8, 4) is 0 Å². The van der Waals surface area contributed by atoms with Crippen LogP contribution in [0.25, 0.3) is 0 Å². The number of piperazine rings is 1. The van der Waals surface area contributed by atoms with E-state index in [0.29, 0.717) is 6.04 Å². The summed E-state index contributed by atoms with van der Waals surface area (Å²) in [4.78, 5) is 4.86. The predicted octanol–water partition coefficient (Wildman–Crippen LogP) is 3.12. The highest BCUT2D eigenvalue weighted by molar-refractivity contribution is 9.09. The zero-order valence-electron chi connectivity index (χ0n) is 10.8. The summed E-state index contributed by atoms with van der Waals surface area (Å²) in [5.74, 6) is -0.164. The van der Waals surface area contributed by atoms with Crippen LogP contribution in [0.2, 0.25) is 0 Å². The number of benzene rings is 1. The minimum absolute atomic E-state index is 0.164. The second-order valence-electron chi connectivity index (χ2n) is 4.83. The minimum Gasteiger partial charge on any atom is -0.369 e. The summed E-state index contributed by atoms with van der Waals surface area (Å²) >= 11 is 3.50. The van der Waals surface area contributed by atoms with Gasteiger partial charge in [0.1, 0.15) is 5.82 Å². The van der Waals surface area contributed by atoms with Crippen molar-refractivity contribution in [1.82, 2.24) is 4.90 Å². The fourth-order valence-corrected chi connectivity index (χ4v) is 3.08. The fourth-order valence-electron chi connectivity index (χ4n) is 2.41. The van der Waals surface area contributed by atoms with Gasteiger partial charge in [0, 0.05) is 43.2 Å². The molecule has 1 aliphatic rings. The van der Waals surface area contributed by atoms with Gasteiger partial charge in [-0.2, -0.15) is 0 Å². The van der Waals surface area contributed by atoms with Crippen LogP contribution in [0.1, 0.15) is 13.3 Å². The number of anilines is 1. The lowest BCUT2D eigenvalue weighted by Gasteiger charge is -2.39. The number of nitrogens with zero attached hydrogens (tertiary/aromatic N) is 2. The van der Waals surface area contributed by atoms with E-state index in [1.165, 1.54) is 18.6 Å². The van der Waals surface area contributed by atoms with Crippen LogP contribution in [0.3, 0.4) is 0 Å². The molecule has 4 heteroatoms. The first kappa shape index (κ1) is 13.8. The van der Waals surface area contributed by atoms with Gasteiger partial charge in [0.05, 0.1) is 0 Å². The number of rotatable bonds is 4. The highest BCUT2D eigenvalue weighted by Gasteiger charge is 2.20. The molecule has 0 radical (unpaired) electrons. The fraction of sp³-hybridized carbons (Fsp3) is 0.571. The van der Waals surface area contributed by atoms with Crippen LogP contribution in [0.15, 0.2) is 24.3 Å². The molecular formula is C14H20BrFN2. The van der Waals surface area contributed by atoms with E-state index in [1.54, 1.807) is 0 Å². The van der Waals surface area contributed by atoms with Crippen molar-refractivity contribution in [3.05, 3.63) is 30.1 Å². The predicted molar refractivity (Wildman–Crippen MR) is 78.1 cm³/mol. The largest absolute Gasteiger partial charge is 0.369 e. The molecule has 1 aromatic rings. The van der Waals surface area contributed by atoms with E-state index in [9.17, 15) is 4.39 Å². The molecule has 1 aliphatic heterocycles. The lowest BCUT2D eigenvalue weighted by Crippen LogP contribution is -2.49. The molecule has 1 fully saturated rings. The van der Waals surface area contributed by atoms with Crippen molar-refractivity contribution in [3.63, 3.8) is 0 Å². The number of alkyl halides is 1. The maximum absolute atomic E-state index is 12.9. The van der Waals surface area contributed by atoms with E-state index in [-0.39, 0.29) is 5.82 Å². The van der Waals surface area contributed by atoms with Gasteiger partial charge in [0.2, 0.25) is 0 Å². The van der Waals surface area contributed by atoms with E-state index in [1.807, 2.05) is 12.1 Å².